The average Bonchev–Trinajstić information content (AvgIpc) is 2.80. The van der Waals surface area contributed by atoms with Crippen LogP contribution in [0.5, 0.6) is 0 Å². The molecule has 2 aromatic heterocycles. The molecule has 0 radical (unpaired) electrons. The highest BCUT2D eigenvalue weighted by Crippen LogP contribution is 2.21. The van der Waals surface area contributed by atoms with Crippen molar-refractivity contribution in [1.82, 2.24) is 19.7 Å². The molecule has 17 heavy (non-hydrogen) atoms. The Hall–Kier alpha value is -1.40. The highest BCUT2D eigenvalue weighted by Gasteiger charge is 2.12. The molecule has 2 rings (SSSR count). The van der Waals surface area contributed by atoms with E-state index in [4.69, 9.17) is 4.74 Å². The second kappa shape index (κ2) is 5.79. The van der Waals surface area contributed by atoms with Crippen LogP contribution in [-0.2, 0) is 11.3 Å². The van der Waals surface area contributed by atoms with Crippen LogP contribution in [0.2, 0.25) is 0 Å². The SMILES string of the molecule is COCCn1c(SC)nnc1-c1ccncc1. The molecule has 0 aliphatic heterocycles. The Bertz CT molecular complexity index is 472. The Morgan fingerprint density at radius 2 is 2.06 bits per heavy atom. The number of hydrogen-bond acceptors (Lipinski definition) is 5. The summed E-state index contributed by atoms with van der Waals surface area (Å²) >= 11 is 1.58. The maximum absolute atomic E-state index is 5.11. The number of methoxy groups -OCH3 is 1. The van der Waals surface area contributed by atoms with E-state index in [9.17, 15) is 0 Å². The number of hydrogen-bond donors (Lipinski definition) is 0. The van der Waals surface area contributed by atoms with Crippen LogP contribution >= 0.6 is 11.8 Å². The van der Waals surface area contributed by atoms with Crippen molar-refractivity contribution in [3.05, 3.63) is 24.5 Å². The molecule has 2 heterocycles. The monoisotopic (exact) mass is 250 g/mol. The van der Waals surface area contributed by atoms with Gasteiger partial charge in [0.1, 0.15) is 0 Å². The van der Waals surface area contributed by atoms with E-state index in [0.717, 1.165) is 23.1 Å². The van der Waals surface area contributed by atoms with Crippen molar-refractivity contribution in [3.63, 3.8) is 0 Å². The van der Waals surface area contributed by atoms with Crippen LogP contribution in [0, 0.1) is 0 Å². The lowest BCUT2D eigenvalue weighted by atomic mass is 10.2. The van der Waals surface area contributed by atoms with Crippen molar-refractivity contribution in [1.29, 1.82) is 0 Å². The van der Waals surface area contributed by atoms with Gasteiger partial charge in [0.2, 0.25) is 0 Å². The lowest BCUT2D eigenvalue weighted by Gasteiger charge is -2.08. The minimum Gasteiger partial charge on any atom is -0.383 e. The topological polar surface area (TPSA) is 52.8 Å². The molecule has 0 fully saturated rings. The number of pyridine rings is 1. The molecular formula is C11H14N4OS. The van der Waals surface area contributed by atoms with Crippen molar-refractivity contribution in [2.24, 2.45) is 0 Å². The summed E-state index contributed by atoms with van der Waals surface area (Å²) in [5.74, 6) is 0.855. The molecule has 0 saturated carbocycles. The number of thioether (sulfide) groups is 1. The first kappa shape index (κ1) is 12.1. The van der Waals surface area contributed by atoms with Crippen LogP contribution in [0.25, 0.3) is 11.4 Å². The normalized spacial score (nSPS) is 10.7. The van der Waals surface area contributed by atoms with Gasteiger partial charge >= 0.3 is 0 Å². The van der Waals surface area contributed by atoms with Gasteiger partial charge in [0.15, 0.2) is 11.0 Å². The van der Waals surface area contributed by atoms with E-state index in [1.165, 1.54) is 0 Å². The Balaban J connectivity index is 2.36. The van der Waals surface area contributed by atoms with Crippen LogP contribution in [0.15, 0.2) is 29.7 Å². The average molecular weight is 250 g/mol. The first-order valence-corrected chi connectivity index (χ1v) is 6.46. The predicted molar refractivity (Wildman–Crippen MR) is 66.9 cm³/mol. The van der Waals surface area contributed by atoms with E-state index in [0.29, 0.717) is 6.61 Å². The maximum atomic E-state index is 5.11. The van der Waals surface area contributed by atoms with Gasteiger partial charge in [-0.3, -0.25) is 9.55 Å². The molecule has 90 valence electrons. The summed E-state index contributed by atoms with van der Waals surface area (Å²) in [6.45, 7) is 1.39. The van der Waals surface area contributed by atoms with Crippen LogP contribution < -0.4 is 0 Å². The molecule has 0 aliphatic carbocycles. The predicted octanol–water partition coefficient (Wildman–Crippen LogP) is 1.71. The molecule has 0 spiro atoms. The molecule has 0 N–H and O–H groups in total. The highest BCUT2D eigenvalue weighted by molar-refractivity contribution is 7.98. The summed E-state index contributed by atoms with van der Waals surface area (Å²) in [4.78, 5) is 4.00. The molecule has 0 amide bonds. The molecule has 0 saturated heterocycles. The standard InChI is InChI=1S/C11H14N4OS/c1-16-8-7-15-10(13-14-11(15)17-2)9-3-5-12-6-4-9/h3-6H,7-8H2,1-2H3. The molecule has 6 heteroatoms. The van der Waals surface area contributed by atoms with Crippen molar-refractivity contribution in [2.45, 2.75) is 11.7 Å². The number of rotatable bonds is 5. The van der Waals surface area contributed by atoms with Gasteiger partial charge in [-0.15, -0.1) is 10.2 Å². The zero-order valence-corrected chi connectivity index (χ0v) is 10.6. The summed E-state index contributed by atoms with van der Waals surface area (Å²) in [5, 5.41) is 9.28. The van der Waals surface area contributed by atoms with Gasteiger partial charge in [0.25, 0.3) is 0 Å². The Morgan fingerprint density at radius 1 is 1.29 bits per heavy atom. The quantitative estimate of drug-likeness (QED) is 0.756. The minimum atomic E-state index is 0.643. The summed E-state index contributed by atoms with van der Waals surface area (Å²) in [6, 6.07) is 3.86. The number of nitrogens with zero attached hydrogens (tertiary/aromatic N) is 4. The van der Waals surface area contributed by atoms with Gasteiger partial charge in [-0.05, 0) is 18.4 Å². The lowest BCUT2D eigenvalue weighted by molar-refractivity contribution is 0.185. The summed E-state index contributed by atoms with van der Waals surface area (Å²) in [5.41, 5.74) is 1.02. The molecule has 0 bridgehead atoms. The highest BCUT2D eigenvalue weighted by atomic mass is 32.2. The first-order valence-electron chi connectivity index (χ1n) is 5.23. The molecule has 0 unspecified atom stereocenters. The third kappa shape index (κ3) is 2.65. The fourth-order valence-electron chi connectivity index (χ4n) is 1.54. The van der Waals surface area contributed by atoms with Crippen molar-refractivity contribution >= 4 is 11.8 Å². The summed E-state index contributed by atoms with van der Waals surface area (Å²) in [7, 11) is 1.69. The largest absolute Gasteiger partial charge is 0.383 e. The zero-order valence-electron chi connectivity index (χ0n) is 9.83. The van der Waals surface area contributed by atoms with E-state index in [-0.39, 0.29) is 0 Å². The smallest absolute Gasteiger partial charge is 0.191 e. The maximum Gasteiger partial charge on any atom is 0.191 e. The van der Waals surface area contributed by atoms with Gasteiger partial charge in [0.05, 0.1) is 13.2 Å². The van der Waals surface area contributed by atoms with Gasteiger partial charge in [0, 0.05) is 25.1 Å². The molecule has 0 atom stereocenters. The Kier molecular flexibility index (Phi) is 4.11. The number of ether oxygens (including phenoxy) is 1. The number of aromatic nitrogens is 4. The van der Waals surface area contributed by atoms with E-state index >= 15 is 0 Å². The van der Waals surface area contributed by atoms with Crippen molar-refractivity contribution < 1.29 is 4.74 Å². The molecule has 0 aliphatic rings. The van der Waals surface area contributed by atoms with Gasteiger partial charge in [-0.25, -0.2) is 0 Å². The van der Waals surface area contributed by atoms with Crippen LogP contribution in [0.4, 0.5) is 0 Å². The van der Waals surface area contributed by atoms with E-state index in [2.05, 4.69) is 19.7 Å². The lowest BCUT2D eigenvalue weighted by Crippen LogP contribution is -2.07. The summed E-state index contributed by atoms with van der Waals surface area (Å²) in [6.07, 6.45) is 5.50. The fourth-order valence-corrected chi connectivity index (χ4v) is 2.06. The van der Waals surface area contributed by atoms with Crippen molar-refractivity contribution in [3.8, 4) is 11.4 Å². The van der Waals surface area contributed by atoms with Crippen molar-refractivity contribution in [2.75, 3.05) is 20.0 Å². The third-order valence-corrected chi connectivity index (χ3v) is 3.02. The van der Waals surface area contributed by atoms with Gasteiger partial charge < -0.3 is 4.74 Å². The van der Waals surface area contributed by atoms with Gasteiger partial charge in [-0.2, -0.15) is 0 Å². The summed E-state index contributed by atoms with van der Waals surface area (Å²) < 4.78 is 7.17. The van der Waals surface area contributed by atoms with E-state index in [1.807, 2.05) is 18.4 Å². The third-order valence-electron chi connectivity index (χ3n) is 2.36. The molecule has 2 aromatic rings. The van der Waals surface area contributed by atoms with Crippen LogP contribution in [0.1, 0.15) is 0 Å². The molecular weight excluding hydrogens is 236 g/mol. The van der Waals surface area contributed by atoms with Crippen LogP contribution in [0.3, 0.4) is 0 Å². The second-order valence-electron chi connectivity index (χ2n) is 3.39. The Morgan fingerprint density at radius 3 is 2.71 bits per heavy atom. The minimum absolute atomic E-state index is 0.643. The second-order valence-corrected chi connectivity index (χ2v) is 4.16. The van der Waals surface area contributed by atoms with E-state index < -0.39 is 0 Å². The van der Waals surface area contributed by atoms with E-state index in [1.54, 1.807) is 31.3 Å². The zero-order chi connectivity index (χ0) is 12.1. The molecule has 5 nitrogen and oxygen atoms in total. The molecule has 0 aromatic carbocycles. The van der Waals surface area contributed by atoms with Crippen LogP contribution in [-0.4, -0.2) is 39.7 Å². The Labute approximate surface area is 104 Å². The van der Waals surface area contributed by atoms with Gasteiger partial charge in [-0.1, -0.05) is 11.8 Å². The fraction of sp³-hybridized carbons (Fsp3) is 0.364. The first-order chi connectivity index (χ1) is 8.36.